The number of pyridine rings is 1. The lowest BCUT2D eigenvalue weighted by Gasteiger charge is -2.28. The van der Waals surface area contributed by atoms with E-state index in [-0.39, 0.29) is 30.4 Å². The first-order chi connectivity index (χ1) is 16.0. The summed E-state index contributed by atoms with van der Waals surface area (Å²) in [6.07, 6.45) is 3.91. The van der Waals surface area contributed by atoms with Gasteiger partial charge in [0.1, 0.15) is 0 Å². The van der Waals surface area contributed by atoms with Crippen molar-refractivity contribution >= 4 is 29.3 Å². The largest absolute Gasteiger partial charge is 0.469 e. The van der Waals surface area contributed by atoms with Crippen molar-refractivity contribution in [3.8, 4) is 5.69 Å². The molecule has 1 fully saturated rings. The summed E-state index contributed by atoms with van der Waals surface area (Å²) in [5.74, 6) is -0.685. The van der Waals surface area contributed by atoms with E-state index in [2.05, 4.69) is 10.3 Å². The molecule has 9 heteroatoms. The Bertz CT molecular complexity index is 1150. The van der Waals surface area contributed by atoms with E-state index in [0.29, 0.717) is 17.2 Å². The minimum Gasteiger partial charge on any atom is -0.469 e. The van der Waals surface area contributed by atoms with Gasteiger partial charge in [-0.05, 0) is 60.7 Å². The summed E-state index contributed by atoms with van der Waals surface area (Å²) < 4.78 is 11.7. The van der Waals surface area contributed by atoms with Gasteiger partial charge >= 0.3 is 11.9 Å². The van der Waals surface area contributed by atoms with Gasteiger partial charge in [0.05, 0.1) is 44.0 Å². The highest BCUT2D eigenvalue weighted by Gasteiger charge is 2.41. The van der Waals surface area contributed by atoms with Gasteiger partial charge in [0.2, 0.25) is 0 Å². The number of thiocarbonyl (C=S) groups is 1. The molecule has 0 saturated carbocycles. The highest BCUT2D eigenvalue weighted by atomic mass is 32.1. The van der Waals surface area contributed by atoms with Crippen molar-refractivity contribution in [2.75, 3.05) is 20.8 Å². The lowest BCUT2D eigenvalue weighted by atomic mass is 10.0. The molecule has 3 heterocycles. The Morgan fingerprint density at radius 3 is 2.52 bits per heavy atom. The van der Waals surface area contributed by atoms with E-state index in [0.717, 1.165) is 17.1 Å². The van der Waals surface area contributed by atoms with Crippen molar-refractivity contribution in [2.45, 2.75) is 18.5 Å². The number of methoxy groups -OCH3 is 2. The molecule has 3 aromatic rings. The molecule has 2 aromatic heterocycles. The molecule has 1 N–H and O–H groups in total. The molecule has 2 atom stereocenters. The summed E-state index contributed by atoms with van der Waals surface area (Å²) in [5.41, 5.74) is 3.17. The first-order valence-electron chi connectivity index (χ1n) is 10.4. The quantitative estimate of drug-likeness (QED) is 0.422. The average Bonchev–Trinajstić information content (AvgIpc) is 3.46. The van der Waals surface area contributed by atoms with E-state index < -0.39 is 0 Å². The predicted molar refractivity (Wildman–Crippen MR) is 126 cm³/mol. The second-order valence-corrected chi connectivity index (χ2v) is 7.87. The van der Waals surface area contributed by atoms with Gasteiger partial charge in [-0.25, -0.2) is 4.79 Å². The van der Waals surface area contributed by atoms with Crippen LogP contribution in [0.5, 0.6) is 0 Å². The number of carbonyl (C=O) groups excluding carboxylic acids is 2. The summed E-state index contributed by atoms with van der Waals surface area (Å²) >= 11 is 5.65. The zero-order valence-corrected chi connectivity index (χ0v) is 19.1. The van der Waals surface area contributed by atoms with Gasteiger partial charge in [-0.2, -0.15) is 0 Å². The Labute approximate surface area is 197 Å². The van der Waals surface area contributed by atoms with Crippen LogP contribution >= 0.6 is 12.2 Å². The monoisotopic (exact) mass is 464 g/mol. The number of hydrogen-bond acceptors (Lipinski definition) is 6. The molecule has 0 aliphatic carbocycles. The first kappa shape index (κ1) is 22.5. The Morgan fingerprint density at radius 2 is 1.85 bits per heavy atom. The number of nitrogens with one attached hydrogen (secondary N) is 1. The van der Waals surface area contributed by atoms with Crippen LogP contribution < -0.4 is 5.32 Å². The number of ether oxygens (including phenoxy) is 2. The molecule has 0 radical (unpaired) electrons. The normalized spacial score (nSPS) is 17.5. The second-order valence-electron chi connectivity index (χ2n) is 7.49. The summed E-state index contributed by atoms with van der Waals surface area (Å²) in [6.45, 7) is 0.402. The fourth-order valence-electron chi connectivity index (χ4n) is 4.03. The third kappa shape index (κ3) is 4.58. The van der Waals surface area contributed by atoms with Gasteiger partial charge < -0.3 is 24.3 Å². The summed E-state index contributed by atoms with van der Waals surface area (Å²) in [5, 5.41) is 3.93. The molecule has 1 aliphatic heterocycles. The molecule has 1 aromatic carbocycles. The zero-order valence-electron chi connectivity index (χ0n) is 18.3. The van der Waals surface area contributed by atoms with Crippen LogP contribution in [0.3, 0.4) is 0 Å². The van der Waals surface area contributed by atoms with E-state index in [9.17, 15) is 9.59 Å². The Hall–Kier alpha value is -3.72. The summed E-state index contributed by atoms with van der Waals surface area (Å²) in [6, 6.07) is 16.5. The van der Waals surface area contributed by atoms with Gasteiger partial charge in [-0.3, -0.25) is 9.78 Å². The van der Waals surface area contributed by atoms with Crippen molar-refractivity contribution in [1.82, 2.24) is 19.8 Å². The van der Waals surface area contributed by atoms with Crippen molar-refractivity contribution in [2.24, 2.45) is 0 Å². The number of rotatable bonds is 7. The first-order valence-corrected chi connectivity index (χ1v) is 10.8. The lowest BCUT2D eigenvalue weighted by molar-refractivity contribution is -0.140. The van der Waals surface area contributed by atoms with Crippen LogP contribution in [0.15, 0.2) is 67.0 Å². The average molecular weight is 465 g/mol. The topological polar surface area (TPSA) is 85.7 Å². The van der Waals surface area contributed by atoms with Gasteiger partial charge in [-0.1, -0.05) is 6.07 Å². The number of hydrogen-bond donors (Lipinski definition) is 1. The maximum absolute atomic E-state index is 11.9. The highest BCUT2D eigenvalue weighted by Crippen LogP contribution is 2.39. The zero-order chi connectivity index (χ0) is 23.4. The second kappa shape index (κ2) is 9.83. The molecule has 1 saturated heterocycles. The fourth-order valence-corrected chi connectivity index (χ4v) is 4.36. The number of esters is 2. The van der Waals surface area contributed by atoms with Crippen LogP contribution in [0.4, 0.5) is 0 Å². The third-order valence-corrected chi connectivity index (χ3v) is 5.98. The Kier molecular flexibility index (Phi) is 6.69. The van der Waals surface area contributed by atoms with E-state index in [1.165, 1.54) is 14.2 Å². The van der Waals surface area contributed by atoms with E-state index in [1.54, 1.807) is 18.3 Å². The van der Waals surface area contributed by atoms with Crippen LogP contribution in [0, 0.1) is 0 Å². The molecule has 0 spiro atoms. The molecule has 33 heavy (non-hydrogen) atoms. The van der Waals surface area contributed by atoms with Crippen molar-refractivity contribution < 1.29 is 19.1 Å². The standard InChI is InChI=1S/C24H24N4O4S/c1-31-20(29)12-15-28-22(21(26-24(28)33)18-6-3-4-13-25-18)19-7-5-14-27(19)17-10-8-16(9-11-17)23(30)32-2/h3-11,13-14,21-22H,12,15H2,1-2H3,(H,26,33)/t21-,22+/m1/s1. The number of carbonyl (C=O) groups is 2. The summed E-state index contributed by atoms with van der Waals surface area (Å²) in [7, 11) is 2.73. The molecule has 0 bridgehead atoms. The molecule has 1 aliphatic rings. The van der Waals surface area contributed by atoms with E-state index >= 15 is 0 Å². The molecule has 0 amide bonds. The molecular formula is C24H24N4O4S. The van der Waals surface area contributed by atoms with Gasteiger partial charge in [-0.15, -0.1) is 0 Å². The molecule has 170 valence electrons. The van der Waals surface area contributed by atoms with Crippen LogP contribution in [-0.2, 0) is 14.3 Å². The maximum atomic E-state index is 11.9. The van der Waals surface area contributed by atoms with Crippen LogP contribution in [-0.4, -0.2) is 52.3 Å². The summed E-state index contributed by atoms with van der Waals surface area (Å²) in [4.78, 5) is 30.2. The van der Waals surface area contributed by atoms with Crippen molar-refractivity contribution in [1.29, 1.82) is 0 Å². The van der Waals surface area contributed by atoms with Crippen LogP contribution in [0.2, 0.25) is 0 Å². The van der Waals surface area contributed by atoms with Crippen molar-refractivity contribution in [3.05, 3.63) is 83.9 Å². The Morgan fingerprint density at radius 1 is 1.06 bits per heavy atom. The maximum Gasteiger partial charge on any atom is 0.337 e. The molecule has 4 rings (SSSR count). The van der Waals surface area contributed by atoms with Gasteiger partial charge in [0.15, 0.2) is 5.11 Å². The predicted octanol–water partition coefficient (Wildman–Crippen LogP) is 3.19. The Balaban J connectivity index is 1.73. The van der Waals surface area contributed by atoms with Gasteiger partial charge in [0.25, 0.3) is 0 Å². The van der Waals surface area contributed by atoms with E-state index in [1.807, 2.05) is 58.1 Å². The fraction of sp³-hybridized carbons (Fsp3) is 0.250. The number of aromatic nitrogens is 2. The van der Waals surface area contributed by atoms with Gasteiger partial charge in [0, 0.05) is 30.3 Å². The highest BCUT2D eigenvalue weighted by molar-refractivity contribution is 7.80. The minimum absolute atomic E-state index is 0.207. The lowest BCUT2D eigenvalue weighted by Crippen LogP contribution is -2.32. The smallest absolute Gasteiger partial charge is 0.337 e. The van der Waals surface area contributed by atoms with E-state index in [4.69, 9.17) is 21.7 Å². The number of benzene rings is 1. The third-order valence-electron chi connectivity index (χ3n) is 5.63. The SMILES string of the molecule is COC(=O)CCN1C(=S)N[C@H](c2ccccn2)[C@@H]1c1cccn1-c1ccc(C(=O)OC)cc1. The number of nitrogens with zero attached hydrogens (tertiary/aromatic N) is 3. The van der Waals surface area contributed by atoms with Crippen LogP contribution in [0.25, 0.3) is 5.69 Å². The van der Waals surface area contributed by atoms with Crippen LogP contribution in [0.1, 0.15) is 40.3 Å². The molecular weight excluding hydrogens is 440 g/mol. The minimum atomic E-state index is -0.385. The molecule has 0 unspecified atom stereocenters. The molecule has 8 nitrogen and oxygen atoms in total. The van der Waals surface area contributed by atoms with Crippen molar-refractivity contribution in [3.63, 3.8) is 0 Å².